The van der Waals surface area contributed by atoms with Gasteiger partial charge in [0.05, 0.1) is 6.10 Å². The van der Waals surface area contributed by atoms with Crippen molar-refractivity contribution in [3.05, 3.63) is 33.8 Å². The first-order valence-electron chi connectivity index (χ1n) is 7.00. The second-order valence-electron chi connectivity index (χ2n) is 5.35. The van der Waals surface area contributed by atoms with Crippen LogP contribution < -0.4 is 5.73 Å². The Morgan fingerprint density at radius 1 is 1.45 bits per heavy atom. The van der Waals surface area contributed by atoms with Gasteiger partial charge in [-0.25, -0.2) is 0 Å². The highest BCUT2D eigenvalue weighted by Gasteiger charge is 2.31. The largest absolute Gasteiger partial charge is 0.381 e. The van der Waals surface area contributed by atoms with Crippen molar-refractivity contribution < 1.29 is 4.74 Å². The van der Waals surface area contributed by atoms with Crippen molar-refractivity contribution in [3.63, 3.8) is 0 Å². The summed E-state index contributed by atoms with van der Waals surface area (Å²) in [6.45, 7) is 3.78. The molecule has 0 bridgehead atoms. The van der Waals surface area contributed by atoms with Gasteiger partial charge in [0.15, 0.2) is 0 Å². The fourth-order valence-corrected chi connectivity index (χ4v) is 3.57. The van der Waals surface area contributed by atoms with Crippen LogP contribution in [0.4, 0.5) is 0 Å². The highest BCUT2D eigenvalue weighted by Crippen LogP contribution is 2.33. The van der Waals surface area contributed by atoms with E-state index in [1.165, 1.54) is 0 Å². The number of methoxy groups -OCH3 is 1. The second kappa shape index (κ2) is 7.10. The maximum atomic E-state index is 6.32. The van der Waals surface area contributed by atoms with Gasteiger partial charge in [-0.2, -0.15) is 0 Å². The first-order chi connectivity index (χ1) is 9.56. The summed E-state index contributed by atoms with van der Waals surface area (Å²) in [5, 5.41) is 1.38. The molecule has 0 spiro atoms. The van der Waals surface area contributed by atoms with Crippen molar-refractivity contribution in [2.45, 2.75) is 38.0 Å². The van der Waals surface area contributed by atoms with Crippen molar-refractivity contribution in [3.8, 4) is 0 Å². The molecule has 1 fully saturated rings. The summed E-state index contributed by atoms with van der Waals surface area (Å²) >= 11 is 12.3. The highest BCUT2D eigenvalue weighted by molar-refractivity contribution is 6.35. The summed E-state index contributed by atoms with van der Waals surface area (Å²) in [5.74, 6) is 0. The third-order valence-corrected chi connectivity index (χ3v) is 4.79. The average molecular weight is 317 g/mol. The van der Waals surface area contributed by atoms with Crippen LogP contribution in [0.1, 0.15) is 31.4 Å². The van der Waals surface area contributed by atoms with Crippen LogP contribution in [0.5, 0.6) is 0 Å². The molecule has 1 aliphatic rings. The average Bonchev–Trinajstić information content (AvgIpc) is 2.46. The lowest BCUT2D eigenvalue weighted by Gasteiger charge is -2.42. The van der Waals surface area contributed by atoms with Crippen LogP contribution in [0.25, 0.3) is 0 Å². The molecule has 0 aliphatic carbocycles. The first kappa shape index (κ1) is 16.1. The maximum absolute atomic E-state index is 6.32. The van der Waals surface area contributed by atoms with Crippen LogP contribution in [0.2, 0.25) is 10.0 Å². The molecule has 3 atom stereocenters. The predicted octanol–water partition coefficient (Wildman–Crippen LogP) is 3.49. The normalized spacial score (nSPS) is 25.6. The Labute approximate surface area is 131 Å². The molecule has 0 aromatic heterocycles. The minimum Gasteiger partial charge on any atom is -0.381 e. The van der Waals surface area contributed by atoms with Crippen molar-refractivity contribution in [2.75, 3.05) is 20.2 Å². The lowest BCUT2D eigenvalue weighted by molar-refractivity contribution is -0.00162. The zero-order chi connectivity index (χ0) is 14.7. The van der Waals surface area contributed by atoms with E-state index in [-0.39, 0.29) is 6.04 Å². The number of rotatable bonds is 4. The standard InChI is InChI=1S/C15H22Cl2N2O/c1-10(14-4-3-11(16)7-15(14)17)19-6-5-13(20-2)8-12(19)9-18/h3-4,7,10,12-13H,5-6,8-9,18H2,1-2H3. The molecule has 0 radical (unpaired) electrons. The smallest absolute Gasteiger partial charge is 0.0599 e. The van der Waals surface area contributed by atoms with Gasteiger partial charge in [-0.05, 0) is 37.5 Å². The Morgan fingerprint density at radius 2 is 2.20 bits per heavy atom. The summed E-state index contributed by atoms with van der Waals surface area (Å²) in [5.41, 5.74) is 7.04. The van der Waals surface area contributed by atoms with Crippen molar-refractivity contribution in [1.82, 2.24) is 4.90 Å². The summed E-state index contributed by atoms with van der Waals surface area (Å²) in [6, 6.07) is 6.25. The zero-order valence-electron chi connectivity index (χ0n) is 12.0. The molecule has 3 unspecified atom stereocenters. The molecule has 112 valence electrons. The number of hydrogen-bond donors (Lipinski definition) is 1. The van der Waals surface area contributed by atoms with Crippen molar-refractivity contribution in [1.29, 1.82) is 0 Å². The van der Waals surface area contributed by atoms with E-state index in [4.69, 9.17) is 33.7 Å². The molecule has 0 saturated carbocycles. The summed E-state index contributed by atoms with van der Waals surface area (Å²) in [6.07, 6.45) is 2.32. The lowest BCUT2D eigenvalue weighted by atomic mass is 9.95. The van der Waals surface area contributed by atoms with E-state index in [0.717, 1.165) is 30.0 Å². The topological polar surface area (TPSA) is 38.5 Å². The van der Waals surface area contributed by atoms with Gasteiger partial charge in [0.2, 0.25) is 0 Å². The lowest BCUT2D eigenvalue weighted by Crippen LogP contribution is -2.49. The number of nitrogens with two attached hydrogens (primary N) is 1. The fraction of sp³-hybridized carbons (Fsp3) is 0.600. The minimum absolute atomic E-state index is 0.228. The zero-order valence-corrected chi connectivity index (χ0v) is 13.5. The van der Waals surface area contributed by atoms with Gasteiger partial charge in [-0.1, -0.05) is 29.3 Å². The summed E-state index contributed by atoms with van der Waals surface area (Å²) in [4.78, 5) is 2.42. The van der Waals surface area contributed by atoms with Crippen LogP contribution in [0.15, 0.2) is 18.2 Å². The molecule has 1 aliphatic heterocycles. The third-order valence-electron chi connectivity index (χ3n) is 4.23. The van der Waals surface area contributed by atoms with Gasteiger partial charge in [0.25, 0.3) is 0 Å². The molecular formula is C15H22Cl2N2O. The van der Waals surface area contributed by atoms with E-state index in [1.54, 1.807) is 13.2 Å². The summed E-state index contributed by atoms with van der Waals surface area (Å²) < 4.78 is 5.47. The SMILES string of the molecule is COC1CCN(C(C)c2ccc(Cl)cc2Cl)C(CN)C1. The van der Waals surface area contributed by atoms with E-state index in [9.17, 15) is 0 Å². The second-order valence-corrected chi connectivity index (χ2v) is 6.19. The van der Waals surface area contributed by atoms with E-state index in [0.29, 0.717) is 23.7 Å². The number of nitrogens with zero attached hydrogens (tertiary/aromatic N) is 1. The molecule has 20 heavy (non-hydrogen) atoms. The molecule has 0 amide bonds. The number of halogens is 2. The van der Waals surface area contributed by atoms with Crippen LogP contribution in [-0.4, -0.2) is 37.2 Å². The molecule has 1 aromatic rings. The number of likely N-dealkylation sites (tertiary alicyclic amines) is 1. The van der Waals surface area contributed by atoms with Gasteiger partial charge < -0.3 is 10.5 Å². The van der Waals surface area contributed by atoms with Crippen LogP contribution in [0.3, 0.4) is 0 Å². The Balaban J connectivity index is 2.17. The highest BCUT2D eigenvalue weighted by atomic mass is 35.5. The third kappa shape index (κ3) is 3.46. The molecule has 5 heteroatoms. The quantitative estimate of drug-likeness (QED) is 0.924. The number of hydrogen-bond acceptors (Lipinski definition) is 3. The van der Waals surface area contributed by atoms with Crippen LogP contribution in [-0.2, 0) is 4.74 Å². The number of piperidine rings is 1. The predicted molar refractivity (Wildman–Crippen MR) is 84.5 cm³/mol. The van der Waals surface area contributed by atoms with Crippen LogP contribution in [0, 0.1) is 0 Å². The molecule has 2 rings (SSSR count). The van der Waals surface area contributed by atoms with Crippen LogP contribution >= 0.6 is 23.2 Å². The molecule has 2 N–H and O–H groups in total. The van der Waals surface area contributed by atoms with Gasteiger partial charge in [-0.15, -0.1) is 0 Å². The van der Waals surface area contributed by atoms with Gasteiger partial charge in [0.1, 0.15) is 0 Å². The number of benzene rings is 1. The van der Waals surface area contributed by atoms with Gasteiger partial charge in [0, 0.05) is 42.3 Å². The first-order valence-corrected chi connectivity index (χ1v) is 7.76. The Kier molecular flexibility index (Phi) is 5.70. The molecule has 1 saturated heterocycles. The van der Waals surface area contributed by atoms with E-state index >= 15 is 0 Å². The Hall–Kier alpha value is -0.320. The molecule has 3 nitrogen and oxygen atoms in total. The van der Waals surface area contributed by atoms with E-state index < -0.39 is 0 Å². The van der Waals surface area contributed by atoms with Gasteiger partial charge >= 0.3 is 0 Å². The fourth-order valence-electron chi connectivity index (χ4n) is 3.01. The van der Waals surface area contributed by atoms with Crippen molar-refractivity contribution >= 4 is 23.2 Å². The maximum Gasteiger partial charge on any atom is 0.0599 e. The monoisotopic (exact) mass is 316 g/mol. The molecule has 1 heterocycles. The molecular weight excluding hydrogens is 295 g/mol. The van der Waals surface area contributed by atoms with E-state index in [2.05, 4.69) is 11.8 Å². The van der Waals surface area contributed by atoms with Crippen molar-refractivity contribution in [2.24, 2.45) is 5.73 Å². The minimum atomic E-state index is 0.228. The number of ether oxygens (including phenoxy) is 1. The molecule has 1 aromatic carbocycles. The van der Waals surface area contributed by atoms with Gasteiger partial charge in [-0.3, -0.25) is 4.90 Å². The summed E-state index contributed by atoms with van der Waals surface area (Å²) in [7, 11) is 1.77. The van der Waals surface area contributed by atoms with E-state index in [1.807, 2.05) is 12.1 Å². The Bertz CT molecular complexity index is 455. The Morgan fingerprint density at radius 3 is 2.80 bits per heavy atom.